The number of phenolic OH excluding ortho intramolecular Hbond substituents is 1. The third-order valence-electron chi connectivity index (χ3n) is 2.31. The molecule has 1 aromatic rings. The van der Waals surface area contributed by atoms with Crippen molar-refractivity contribution in [2.75, 3.05) is 0 Å². The Hall–Kier alpha value is -2.87. The minimum absolute atomic E-state index is 0.0174. The molecule has 8 heteroatoms. The second-order valence-corrected chi connectivity index (χ2v) is 3.87. The number of phenols is 1. The number of benzene rings is 1. The molecule has 0 aliphatic heterocycles. The zero-order chi connectivity index (χ0) is 16.0. The second kappa shape index (κ2) is 7.06. The topological polar surface area (TPSA) is 147 Å². The van der Waals surface area contributed by atoms with Gasteiger partial charge in [0.2, 0.25) is 0 Å². The van der Waals surface area contributed by atoms with Crippen LogP contribution in [0, 0.1) is 0 Å². The summed E-state index contributed by atoms with van der Waals surface area (Å²) in [5.41, 5.74) is 0.496. The Morgan fingerprint density at radius 1 is 1.10 bits per heavy atom. The van der Waals surface area contributed by atoms with Crippen LogP contribution in [0.5, 0.6) is 5.75 Å². The molecule has 0 aromatic heterocycles. The molecule has 0 aliphatic rings. The SMILES string of the molecule is O=C(/C=C/c1ccc(O)cc1)O[C@H](C(=O)[O-])[C@@H](O)C(=O)[O-]. The van der Waals surface area contributed by atoms with Gasteiger partial charge in [0.05, 0.1) is 11.9 Å². The summed E-state index contributed by atoms with van der Waals surface area (Å²) in [6.07, 6.45) is -2.86. The number of ether oxygens (including phenoxy) is 1. The van der Waals surface area contributed by atoms with Crippen LogP contribution in [0.3, 0.4) is 0 Å². The Kier molecular flexibility index (Phi) is 5.44. The Morgan fingerprint density at radius 3 is 2.14 bits per heavy atom. The molecule has 112 valence electrons. The van der Waals surface area contributed by atoms with Crippen LogP contribution in [0.4, 0.5) is 0 Å². The maximum Gasteiger partial charge on any atom is 0.331 e. The number of rotatable bonds is 6. The minimum Gasteiger partial charge on any atom is -0.547 e. The highest BCUT2D eigenvalue weighted by atomic mass is 16.6. The van der Waals surface area contributed by atoms with Gasteiger partial charge >= 0.3 is 5.97 Å². The van der Waals surface area contributed by atoms with E-state index in [-0.39, 0.29) is 5.75 Å². The number of aliphatic hydroxyl groups is 1. The first kappa shape index (κ1) is 16.2. The normalized spacial score (nSPS) is 13.6. The molecule has 0 bridgehead atoms. The predicted octanol–water partition coefficient (Wildman–Crippen LogP) is -2.82. The van der Waals surface area contributed by atoms with Gasteiger partial charge in [-0.05, 0) is 23.8 Å². The molecular weight excluding hydrogens is 284 g/mol. The monoisotopic (exact) mass is 294 g/mol. The van der Waals surface area contributed by atoms with E-state index < -0.39 is 30.1 Å². The predicted molar refractivity (Wildman–Crippen MR) is 63.0 cm³/mol. The standard InChI is InChI=1S/C13H12O8/c14-8-4-1-7(2-5-8)3-6-9(15)21-11(13(19)20)10(16)12(17)18/h1-6,10-11,14,16H,(H,17,18)(H,19,20)/p-2/b6-3+/t10-,11+/m1/s1. The van der Waals surface area contributed by atoms with Gasteiger partial charge in [-0.2, -0.15) is 0 Å². The summed E-state index contributed by atoms with van der Waals surface area (Å²) in [6.45, 7) is 0. The highest BCUT2D eigenvalue weighted by molar-refractivity contribution is 5.90. The molecule has 2 N–H and O–H groups in total. The van der Waals surface area contributed by atoms with Gasteiger partial charge in [0.25, 0.3) is 0 Å². The number of carboxylic acid groups (broad SMARTS) is 2. The van der Waals surface area contributed by atoms with Gasteiger partial charge in [0.15, 0.2) is 6.10 Å². The Labute approximate surface area is 118 Å². The van der Waals surface area contributed by atoms with E-state index in [4.69, 9.17) is 10.2 Å². The van der Waals surface area contributed by atoms with E-state index >= 15 is 0 Å². The Balaban J connectivity index is 2.72. The van der Waals surface area contributed by atoms with Gasteiger partial charge in [0, 0.05) is 6.08 Å². The smallest absolute Gasteiger partial charge is 0.331 e. The lowest BCUT2D eigenvalue weighted by Crippen LogP contribution is -2.53. The summed E-state index contributed by atoms with van der Waals surface area (Å²) >= 11 is 0. The number of carboxylic acids is 2. The van der Waals surface area contributed by atoms with E-state index in [0.29, 0.717) is 5.56 Å². The van der Waals surface area contributed by atoms with Crippen molar-refractivity contribution in [2.24, 2.45) is 0 Å². The number of hydrogen-bond donors (Lipinski definition) is 2. The van der Waals surface area contributed by atoms with E-state index in [1.165, 1.54) is 30.3 Å². The largest absolute Gasteiger partial charge is 0.547 e. The molecule has 8 nitrogen and oxygen atoms in total. The number of esters is 1. The van der Waals surface area contributed by atoms with E-state index in [1.807, 2.05) is 0 Å². The van der Waals surface area contributed by atoms with Crippen LogP contribution in [0.25, 0.3) is 6.08 Å². The van der Waals surface area contributed by atoms with Crippen molar-refractivity contribution in [2.45, 2.75) is 12.2 Å². The Morgan fingerprint density at radius 2 is 1.67 bits per heavy atom. The van der Waals surface area contributed by atoms with Crippen molar-refractivity contribution < 1.29 is 39.5 Å². The van der Waals surface area contributed by atoms with Crippen molar-refractivity contribution in [3.05, 3.63) is 35.9 Å². The zero-order valence-corrected chi connectivity index (χ0v) is 10.5. The lowest BCUT2D eigenvalue weighted by atomic mass is 10.2. The number of aliphatic hydroxyl groups excluding tert-OH is 1. The summed E-state index contributed by atoms with van der Waals surface area (Å²) in [7, 11) is 0. The number of hydrogen-bond acceptors (Lipinski definition) is 8. The Bertz CT molecular complexity index is 560. The molecule has 2 atom stereocenters. The molecule has 21 heavy (non-hydrogen) atoms. The molecular formula is C13H10O8-2. The molecule has 0 saturated heterocycles. The molecule has 1 rings (SSSR count). The quantitative estimate of drug-likeness (QED) is 0.421. The van der Waals surface area contributed by atoms with Gasteiger partial charge in [-0.1, -0.05) is 12.1 Å². The highest BCUT2D eigenvalue weighted by Crippen LogP contribution is 2.11. The fraction of sp³-hybridized carbons (Fsp3) is 0.154. The zero-order valence-electron chi connectivity index (χ0n) is 10.5. The van der Waals surface area contributed by atoms with Crippen LogP contribution in [0.1, 0.15) is 5.56 Å². The summed E-state index contributed by atoms with van der Waals surface area (Å²) < 4.78 is 4.27. The summed E-state index contributed by atoms with van der Waals surface area (Å²) in [4.78, 5) is 32.3. The average molecular weight is 294 g/mol. The third-order valence-corrected chi connectivity index (χ3v) is 2.31. The average Bonchev–Trinajstić information content (AvgIpc) is 2.43. The molecule has 0 heterocycles. The van der Waals surface area contributed by atoms with E-state index in [2.05, 4.69) is 4.74 Å². The van der Waals surface area contributed by atoms with Crippen molar-refractivity contribution in [3.63, 3.8) is 0 Å². The van der Waals surface area contributed by atoms with Crippen molar-refractivity contribution in [3.8, 4) is 5.75 Å². The van der Waals surface area contributed by atoms with Crippen LogP contribution in [0.15, 0.2) is 30.3 Å². The second-order valence-electron chi connectivity index (χ2n) is 3.87. The van der Waals surface area contributed by atoms with Crippen molar-refractivity contribution in [1.29, 1.82) is 0 Å². The van der Waals surface area contributed by atoms with Gasteiger partial charge in [0.1, 0.15) is 11.9 Å². The van der Waals surface area contributed by atoms with Crippen LogP contribution in [0.2, 0.25) is 0 Å². The van der Waals surface area contributed by atoms with Crippen LogP contribution < -0.4 is 10.2 Å². The summed E-state index contributed by atoms with van der Waals surface area (Å²) in [6, 6.07) is 5.64. The summed E-state index contributed by atoms with van der Waals surface area (Å²) in [5, 5.41) is 39.0. The molecule has 1 aromatic carbocycles. The molecule has 0 fully saturated rings. The van der Waals surface area contributed by atoms with E-state index in [1.54, 1.807) is 0 Å². The van der Waals surface area contributed by atoms with Gasteiger partial charge in [-0.25, -0.2) is 4.79 Å². The van der Waals surface area contributed by atoms with E-state index in [0.717, 1.165) is 6.08 Å². The summed E-state index contributed by atoms with van der Waals surface area (Å²) in [5.74, 6) is -5.36. The lowest BCUT2D eigenvalue weighted by Gasteiger charge is -2.23. The molecule has 0 amide bonds. The van der Waals surface area contributed by atoms with Crippen LogP contribution >= 0.6 is 0 Å². The fourth-order valence-electron chi connectivity index (χ4n) is 1.28. The number of carbonyl (C=O) groups is 3. The molecule has 0 unspecified atom stereocenters. The maximum absolute atomic E-state index is 11.4. The highest BCUT2D eigenvalue weighted by Gasteiger charge is 2.25. The molecule has 0 radical (unpaired) electrons. The number of aromatic hydroxyl groups is 1. The molecule has 0 aliphatic carbocycles. The van der Waals surface area contributed by atoms with Gasteiger partial charge in [-0.3, -0.25) is 0 Å². The minimum atomic E-state index is -2.54. The fourth-order valence-corrected chi connectivity index (χ4v) is 1.28. The van der Waals surface area contributed by atoms with Crippen LogP contribution in [-0.4, -0.2) is 40.3 Å². The van der Waals surface area contributed by atoms with Crippen LogP contribution in [-0.2, 0) is 19.1 Å². The molecule has 0 spiro atoms. The van der Waals surface area contributed by atoms with Crippen molar-refractivity contribution >= 4 is 24.0 Å². The van der Waals surface area contributed by atoms with Gasteiger partial charge < -0.3 is 34.8 Å². The first-order chi connectivity index (χ1) is 9.81. The first-order valence-corrected chi connectivity index (χ1v) is 5.58. The number of aliphatic carboxylic acids is 2. The third kappa shape index (κ3) is 4.96. The van der Waals surface area contributed by atoms with E-state index in [9.17, 15) is 24.6 Å². The maximum atomic E-state index is 11.4. The lowest BCUT2D eigenvalue weighted by molar-refractivity contribution is -0.333. The van der Waals surface area contributed by atoms with Gasteiger partial charge in [-0.15, -0.1) is 0 Å². The number of carbonyl (C=O) groups excluding carboxylic acids is 3. The molecule has 0 saturated carbocycles. The first-order valence-electron chi connectivity index (χ1n) is 5.58. The van der Waals surface area contributed by atoms with Crippen molar-refractivity contribution in [1.82, 2.24) is 0 Å².